The van der Waals surface area contributed by atoms with E-state index in [1.165, 1.54) is 19.3 Å². The van der Waals surface area contributed by atoms with E-state index < -0.39 is 17.5 Å². The molecule has 1 saturated carbocycles. The Balaban J connectivity index is 2.38. The summed E-state index contributed by atoms with van der Waals surface area (Å²) in [5, 5.41) is 0. The topological polar surface area (TPSA) is 52.6 Å². The smallest absolute Gasteiger partial charge is 0.317 e. The van der Waals surface area contributed by atoms with Crippen molar-refractivity contribution in [2.45, 2.75) is 71.8 Å². The van der Waals surface area contributed by atoms with Crippen LogP contribution in [0.2, 0.25) is 0 Å². The molecule has 0 bridgehead atoms. The summed E-state index contributed by atoms with van der Waals surface area (Å²) >= 11 is 0. The van der Waals surface area contributed by atoms with Gasteiger partial charge in [-0.2, -0.15) is 0 Å². The molecule has 0 aliphatic heterocycles. The second-order valence-electron chi connectivity index (χ2n) is 6.67. The molecule has 0 heterocycles. The van der Waals surface area contributed by atoms with Crippen molar-refractivity contribution in [3.63, 3.8) is 0 Å². The van der Waals surface area contributed by atoms with E-state index in [1.54, 1.807) is 0 Å². The Kier molecular flexibility index (Phi) is 6.50. The van der Waals surface area contributed by atoms with E-state index in [1.807, 2.05) is 27.7 Å². The first kappa shape index (κ1) is 17.0. The second kappa shape index (κ2) is 7.65. The first-order valence-corrected chi connectivity index (χ1v) is 7.68. The van der Waals surface area contributed by atoms with Crippen LogP contribution in [0.3, 0.4) is 0 Å². The fourth-order valence-electron chi connectivity index (χ4n) is 2.64. The average Bonchev–Trinajstić information content (AvgIpc) is 2.36. The molecule has 0 aromatic carbocycles. The van der Waals surface area contributed by atoms with Crippen molar-refractivity contribution in [1.82, 2.24) is 0 Å². The molecule has 1 aliphatic carbocycles. The predicted molar refractivity (Wildman–Crippen MR) is 77.2 cm³/mol. The highest BCUT2D eigenvalue weighted by atomic mass is 16.6. The minimum absolute atomic E-state index is 0.272. The van der Waals surface area contributed by atoms with Gasteiger partial charge in [0.25, 0.3) is 0 Å². The molecule has 0 amide bonds. The summed E-state index contributed by atoms with van der Waals surface area (Å²) in [5.74, 6) is -0.307. The SMILES string of the molecule is CC(C)COC(=O)CC(=O)OC(C)(C)C1CCCCC1. The minimum atomic E-state index is -0.497. The Morgan fingerprint density at radius 3 is 2.25 bits per heavy atom. The molecule has 0 radical (unpaired) electrons. The van der Waals surface area contributed by atoms with E-state index in [9.17, 15) is 9.59 Å². The van der Waals surface area contributed by atoms with Crippen molar-refractivity contribution < 1.29 is 19.1 Å². The standard InChI is InChI=1S/C16H28O4/c1-12(2)11-19-14(17)10-15(18)20-16(3,4)13-8-6-5-7-9-13/h12-13H,5-11H2,1-4H3. The zero-order chi connectivity index (χ0) is 15.2. The van der Waals surface area contributed by atoms with Gasteiger partial charge in [-0.1, -0.05) is 33.1 Å². The second-order valence-corrected chi connectivity index (χ2v) is 6.67. The van der Waals surface area contributed by atoms with Gasteiger partial charge in [0.1, 0.15) is 12.0 Å². The maximum absolute atomic E-state index is 11.8. The summed E-state index contributed by atoms with van der Waals surface area (Å²) in [4.78, 5) is 23.3. The van der Waals surface area contributed by atoms with Gasteiger partial charge in [0, 0.05) is 0 Å². The zero-order valence-corrected chi connectivity index (χ0v) is 13.2. The normalized spacial score (nSPS) is 17.1. The number of carbonyl (C=O) groups excluding carboxylic acids is 2. The highest BCUT2D eigenvalue weighted by Crippen LogP contribution is 2.34. The average molecular weight is 284 g/mol. The Morgan fingerprint density at radius 2 is 1.70 bits per heavy atom. The van der Waals surface area contributed by atoms with Crippen LogP contribution in [0.4, 0.5) is 0 Å². The predicted octanol–water partition coefficient (Wildman–Crippen LogP) is 3.48. The molecular formula is C16H28O4. The first-order chi connectivity index (χ1) is 9.31. The van der Waals surface area contributed by atoms with Crippen LogP contribution in [0.25, 0.3) is 0 Å². The van der Waals surface area contributed by atoms with Crippen LogP contribution in [0.1, 0.15) is 66.2 Å². The van der Waals surface area contributed by atoms with Crippen molar-refractivity contribution in [2.75, 3.05) is 6.61 Å². The molecule has 20 heavy (non-hydrogen) atoms. The summed E-state index contributed by atoms with van der Waals surface area (Å²) < 4.78 is 10.5. The molecule has 1 aliphatic rings. The van der Waals surface area contributed by atoms with E-state index in [4.69, 9.17) is 9.47 Å². The number of esters is 2. The molecule has 4 heteroatoms. The Morgan fingerprint density at radius 1 is 1.10 bits per heavy atom. The lowest BCUT2D eigenvalue weighted by molar-refractivity contribution is -0.168. The molecule has 1 fully saturated rings. The van der Waals surface area contributed by atoms with Crippen LogP contribution in [-0.2, 0) is 19.1 Å². The molecule has 0 unspecified atom stereocenters. The lowest BCUT2D eigenvalue weighted by Gasteiger charge is -2.36. The first-order valence-electron chi connectivity index (χ1n) is 7.68. The van der Waals surface area contributed by atoms with Crippen LogP contribution in [0, 0.1) is 11.8 Å². The lowest BCUT2D eigenvalue weighted by Crippen LogP contribution is -2.38. The summed E-state index contributed by atoms with van der Waals surface area (Å²) in [5.41, 5.74) is -0.490. The molecule has 0 aromatic heterocycles. The molecule has 0 N–H and O–H groups in total. The molecule has 0 saturated heterocycles. The van der Waals surface area contributed by atoms with Crippen LogP contribution in [0.15, 0.2) is 0 Å². The Labute approximate surface area is 122 Å². The van der Waals surface area contributed by atoms with Crippen molar-refractivity contribution in [1.29, 1.82) is 0 Å². The summed E-state index contributed by atoms with van der Waals surface area (Å²) in [6.45, 7) is 8.15. The van der Waals surface area contributed by atoms with Gasteiger partial charge in [-0.25, -0.2) is 0 Å². The zero-order valence-electron chi connectivity index (χ0n) is 13.2. The molecule has 1 rings (SSSR count). The van der Waals surface area contributed by atoms with Gasteiger partial charge in [-0.15, -0.1) is 0 Å². The highest BCUT2D eigenvalue weighted by molar-refractivity contribution is 5.91. The number of ether oxygens (including phenoxy) is 2. The highest BCUT2D eigenvalue weighted by Gasteiger charge is 2.34. The third-order valence-corrected chi connectivity index (χ3v) is 3.83. The lowest BCUT2D eigenvalue weighted by atomic mass is 9.79. The molecular weight excluding hydrogens is 256 g/mol. The van der Waals surface area contributed by atoms with E-state index in [2.05, 4.69) is 0 Å². The van der Waals surface area contributed by atoms with Crippen LogP contribution < -0.4 is 0 Å². The molecule has 116 valence electrons. The van der Waals surface area contributed by atoms with Crippen LogP contribution in [-0.4, -0.2) is 24.1 Å². The Bertz CT molecular complexity index is 327. The van der Waals surface area contributed by atoms with Crippen LogP contribution >= 0.6 is 0 Å². The van der Waals surface area contributed by atoms with Crippen molar-refractivity contribution in [3.05, 3.63) is 0 Å². The summed E-state index contributed by atoms with van der Waals surface area (Å²) in [6, 6.07) is 0. The monoisotopic (exact) mass is 284 g/mol. The van der Waals surface area contributed by atoms with Gasteiger partial charge in [0.2, 0.25) is 0 Å². The number of rotatable bonds is 6. The molecule has 0 atom stereocenters. The van der Waals surface area contributed by atoms with E-state index in [0.717, 1.165) is 12.8 Å². The quantitative estimate of drug-likeness (QED) is 0.553. The molecule has 0 aromatic rings. The fraction of sp³-hybridized carbons (Fsp3) is 0.875. The number of carbonyl (C=O) groups is 2. The van der Waals surface area contributed by atoms with E-state index >= 15 is 0 Å². The van der Waals surface area contributed by atoms with Gasteiger partial charge in [0.05, 0.1) is 6.61 Å². The van der Waals surface area contributed by atoms with Gasteiger partial charge in [-0.3, -0.25) is 9.59 Å². The van der Waals surface area contributed by atoms with Gasteiger partial charge in [-0.05, 0) is 38.5 Å². The number of hydrogen-bond donors (Lipinski definition) is 0. The van der Waals surface area contributed by atoms with Crippen molar-refractivity contribution in [3.8, 4) is 0 Å². The summed E-state index contributed by atoms with van der Waals surface area (Å²) in [7, 11) is 0. The van der Waals surface area contributed by atoms with Gasteiger partial charge >= 0.3 is 11.9 Å². The maximum Gasteiger partial charge on any atom is 0.317 e. The van der Waals surface area contributed by atoms with Crippen LogP contribution in [0.5, 0.6) is 0 Å². The molecule has 4 nitrogen and oxygen atoms in total. The summed E-state index contributed by atoms with van der Waals surface area (Å²) in [6.07, 6.45) is 5.56. The van der Waals surface area contributed by atoms with E-state index in [-0.39, 0.29) is 12.3 Å². The largest absolute Gasteiger partial charge is 0.465 e. The molecule has 0 spiro atoms. The Hall–Kier alpha value is -1.06. The third kappa shape index (κ3) is 5.93. The van der Waals surface area contributed by atoms with Gasteiger partial charge < -0.3 is 9.47 Å². The van der Waals surface area contributed by atoms with Crippen molar-refractivity contribution in [2.24, 2.45) is 11.8 Å². The van der Waals surface area contributed by atoms with Gasteiger partial charge in [0.15, 0.2) is 0 Å². The fourth-order valence-corrected chi connectivity index (χ4v) is 2.64. The number of hydrogen-bond acceptors (Lipinski definition) is 4. The maximum atomic E-state index is 11.8. The van der Waals surface area contributed by atoms with E-state index in [0.29, 0.717) is 12.5 Å². The third-order valence-electron chi connectivity index (χ3n) is 3.83. The van der Waals surface area contributed by atoms with Crippen molar-refractivity contribution >= 4 is 11.9 Å². The minimum Gasteiger partial charge on any atom is -0.465 e.